The Labute approximate surface area is 123 Å². The van der Waals surface area contributed by atoms with E-state index < -0.39 is 11.8 Å². The molecule has 0 saturated heterocycles. The summed E-state index contributed by atoms with van der Waals surface area (Å²) in [7, 11) is 0. The molecule has 0 fully saturated rings. The largest absolute Gasteiger partial charge is 0.477 e. The maximum atomic E-state index is 13.0. The normalized spacial score (nSPS) is 10.4. The zero-order chi connectivity index (χ0) is 14.9. The van der Waals surface area contributed by atoms with Crippen molar-refractivity contribution < 1.29 is 19.0 Å². The molecule has 0 aliphatic heterocycles. The van der Waals surface area contributed by atoms with Gasteiger partial charge in [-0.2, -0.15) is 0 Å². The third-order valence-corrected chi connectivity index (χ3v) is 3.92. The van der Waals surface area contributed by atoms with Crippen LogP contribution < -0.4 is 4.74 Å². The van der Waals surface area contributed by atoms with Crippen LogP contribution in [0, 0.1) is 19.7 Å². The van der Waals surface area contributed by atoms with Crippen LogP contribution >= 0.6 is 15.9 Å². The van der Waals surface area contributed by atoms with Gasteiger partial charge in [0.2, 0.25) is 5.88 Å². The van der Waals surface area contributed by atoms with E-state index >= 15 is 0 Å². The lowest BCUT2D eigenvalue weighted by atomic mass is 10.1. The summed E-state index contributed by atoms with van der Waals surface area (Å²) in [6.07, 6.45) is 0.917. The highest BCUT2D eigenvalue weighted by Gasteiger charge is 2.15. The molecule has 2 rings (SSSR count). The van der Waals surface area contributed by atoms with E-state index in [1.54, 1.807) is 12.1 Å². The third-order valence-electron chi connectivity index (χ3n) is 2.67. The number of pyridine rings is 1. The van der Waals surface area contributed by atoms with Crippen molar-refractivity contribution in [3.05, 3.63) is 51.4 Å². The van der Waals surface area contributed by atoms with E-state index in [9.17, 15) is 9.18 Å². The average Bonchev–Trinajstić information content (AvgIpc) is 2.37. The number of carbonyl (C=O) groups is 1. The molecular weight excluding hydrogens is 329 g/mol. The summed E-state index contributed by atoms with van der Waals surface area (Å²) in [5, 5.41) is 9.03. The van der Waals surface area contributed by atoms with Crippen molar-refractivity contribution >= 4 is 21.9 Å². The number of hydrogen-bond acceptors (Lipinski definition) is 3. The highest BCUT2D eigenvalue weighted by molar-refractivity contribution is 9.10. The molecule has 20 heavy (non-hydrogen) atoms. The first-order valence-corrected chi connectivity index (χ1v) is 6.51. The minimum absolute atomic E-state index is 0.139. The van der Waals surface area contributed by atoms with Gasteiger partial charge in [0.15, 0.2) is 0 Å². The Balaban J connectivity index is 2.42. The molecule has 4 nitrogen and oxygen atoms in total. The molecule has 0 bridgehead atoms. The molecule has 6 heteroatoms. The second kappa shape index (κ2) is 5.58. The molecule has 104 valence electrons. The van der Waals surface area contributed by atoms with E-state index in [1.165, 1.54) is 0 Å². The van der Waals surface area contributed by atoms with Gasteiger partial charge in [-0.15, -0.1) is 0 Å². The second-order valence-electron chi connectivity index (χ2n) is 4.28. The number of nitrogens with zero attached hydrogens (tertiary/aromatic N) is 1. The molecule has 0 aliphatic carbocycles. The SMILES string of the molecule is Cc1cc(Oc2ncc(F)cc2C(=O)O)cc(C)c1Br. The van der Waals surface area contributed by atoms with Gasteiger partial charge in [0.25, 0.3) is 0 Å². The van der Waals surface area contributed by atoms with Crippen molar-refractivity contribution in [3.8, 4) is 11.6 Å². The zero-order valence-electron chi connectivity index (χ0n) is 10.8. The molecule has 0 saturated carbocycles. The zero-order valence-corrected chi connectivity index (χ0v) is 12.4. The first-order valence-electron chi connectivity index (χ1n) is 5.72. The molecule has 0 amide bonds. The van der Waals surface area contributed by atoms with Crippen molar-refractivity contribution in [3.63, 3.8) is 0 Å². The summed E-state index contributed by atoms with van der Waals surface area (Å²) in [5.74, 6) is -1.71. The van der Waals surface area contributed by atoms with E-state index in [0.29, 0.717) is 5.75 Å². The number of aryl methyl sites for hydroxylation is 2. The molecule has 0 aliphatic rings. The number of aromatic nitrogens is 1. The van der Waals surface area contributed by atoms with Crippen molar-refractivity contribution in [1.82, 2.24) is 4.98 Å². The summed E-state index contributed by atoms with van der Waals surface area (Å²) < 4.78 is 19.5. The molecular formula is C14H11BrFNO3. The van der Waals surface area contributed by atoms with Crippen molar-refractivity contribution in [2.75, 3.05) is 0 Å². The Morgan fingerprint density at radius 3 is 2.45 bits per heavy atom. The number of ether oxygens (including phenoxy) is 1. The average molecular weight is 340 g/mol. The Morgan fingerprint density at radius 1 is 1.30 bits per heavy atom. The number of carboxylic acid groups (broad SMARTS) is 1. The van der Waals surface area contributed by atoms with Gasteiger partial charge >= 0.3 is 5.97 Å². The van der Waals surface area contributed by atoms with Crippen LogP contribution in [0.25, 0.3) is 0 Å². The maximum Gasteiger partial charge on any atom is 0.341 e. The van der Waals surface area contributed by atoms with E-state index in [-0.39, 0.29) is 11.4 Å². The van der Waals surface area contributed by atoms with Crippen LogP contribution in [0.5, 0.6) is 11.6 Å². The first kappa shape index (κ1) is 14.5. The molecule has 1 heterocycles. The van der Waals surface area contributed by atoms with E-state index in [0.717, 1.165) is 27.9 Å². The van der Waals surface area contributed by atoms with Crippen LogP contribution in [0.4, 0.5) is 4.39 Å². The number of hydrogen-bond donors (Lipinski definition) is 1. The Bertz CT molecular complexity index is 665. The van der Waals surface area contributed by atoms with Crippen LogP contribution in [0.3, 0.4) is 0 Å². The fourth-order valence-corrected chi connectivity index (χ4v) is 1.97. The van der Waals surface area contributed by atoms with Crippen LogP contribution in [-0.4, -0.2) is 16.1 Å². The summed E-state index contributed by atoms with van der Waals surface area (Å²) in [6.45, 7) is 3.78. The van der Waals surface area contributed by atoms with Crippen LogP contribution in [0.15, 0.2) is 28.9 Å². The van der Waals surface area contributed by atoms with Gasteiger partial charge in [-0.25, -0.2) is 14.2 Å². The van der Waals surface area contributed by atoms with Gasteiger partial charge in [0, 0.05) is 4.47 Å². The minimum Gasteiger partial charge on any atom is -0.477 e. The highest BCUT2D eigenvalue weighted by atomic mass is 79.9. The molecule has 1 aromatic heterocycles. The Kier molecular flexibility index (Phi) is 4.04. The predicted molar refractivity (Wildman–Crippen MR) is 74.8 cm³/mol. The fraction of sp³-hybridized carbons (Fsp3) is 0.143. The lowest BCUT2D eigenvalue weighted by Crippen LogP contribution is -2.03. The van der Waals surface area contributed by atoms with Gasteiger partial charge in [-0.05, 0) is 43.2 Å². The summed E-state index contributed by atoms with van der Waals surface area (Å²) >= 11 is 3.43. The van der Waals surface area contributed by atoms with Crippen molar-refractivity contribution in [2.24, 2.45) is 0 Å². The van der Waals surface area contributed by atoms with Gasteiger partial charge in [-0.1, -0.05) is 15.9 Å². The number of aromatic carboxylic acids is 1. The summed E-state index contributed by atoms with van der Waals surface area (Å²) in [5.41, 5.74) is 1.57. The Hall–Kier alpha value is -1.95. The van der Waals surface area contributed by atoms with Crippen LogP contribution in [0.2, 0.25) is 0 Å². The van der Waals surface area contributed by atoms with Gasteiger partial charge in [0.05, 0.1) is 6.20 Å². The monoisotopic (exact) mass is 339 g/mol. The number of carboxylic acids is 1. The van der Waals surface area contributed by atoms with Crippen LogP contribution in [-0.2, 0) is 0 Å². The summed E-state index contributed by atoms with van der Waals surface area (Å²) in [6, 6.07) is 4.37. The molecule has 0 unspecified atom stereocenters. The first-order chi connectivity index (χ1) is 9.38. The standard InChI is InChI=1S/C14H11BrFNO3/c1-7-3-10(4-8(2)12(7)15)20-13-11(14(18)19)5-9(16)6-17-13/h3-6H,1-2H3,(H,18,19). The smallest absolute Gasteiger partial charge is 0.341 e. The van der Waals surface area contributed by atoms with E-state index in [1.807, 2.05) is 13.8 Å². The topological polar surface area (TPSA) is 59.4 Å². The molecule has 0 spiro atoms. The maximum absolute atomic E-state index is 13.0. The van der Waals surface area contributed by atoms with E-state index in [2.05, 4.69) is 20.9 Å². The molecule has 0 atom stereocenters. The Morgan fingerprint density at radius 2 is 1.90 bits per heavy atom. The van der Waals surface area contributed by atoms with E-state index in [4.69, 9.17) is 9.84 Å². The van der Waals surface area contributed by atoms with Crippen molar-refractivity contribution in [1.29, 1.82) is 0 Å². The number of halogens is 2. The lowest BCUT2D eigenvalue weighted by molar-refractivity contribution is 0.0692. The molecule has 2 aromatic rings. The van der Waals surface area contributed by atoms with Gasteiger partial charge in [-0.3, -0.25) is 0 Å². The number of rotatable bonds is 3. The molecule has 1 N–H and O–H groups in total. The summed E-state index contributed by atoms with van der Waals surface area (Å²) in [4.78, 5) is 14.7. The fourth-order valence-electron chi connectivity index (χ4n) is 1.74. The predicted octanol–water partition coefficient (Wildman–Crippen LogP) is 4.09. The lowest BCUT2D eigenvalue weighted by Gasteiger charge is -2.10. The minimum atomic E-state index is -1.29. The van der Waals surface area contributed by atoms with Crippen molar-refractivity contribution in [2.45, 2.75) is 13.8 Å². The quantitative estimate of drug-likeness (QED) is 0.914. The van der Waals surface area contributed by atoms with Gasteiger partial charge in [0.1, 0.15) is 17.1 Å². The van der Waals surface area contributed by atoms with Crippen LogP contribution in [0.1, 0.15) is 21.5 Å². The number of benzene rings is 1. The van der Waals surface area contributed by atoms with Gasteiger partial charge < -0.3 is 9.84 Å². The molecule has 1 aromatic carbocycles. The third kappa shape index (κ3) is 2.96. The highest BCUT2D eigenvalue weighted by Crippen LogP contribution is 2.30. The molecule has 0 radical (unpaired) electrons. The second-order valence-corrected chi connectivity index (χ2v) is 5.08.